The third-order valence-corrected chi connectivity index (χ3v) is 5.18. The molecule has 0 spiro atoms. The predicted octanol–water partition coefficient (Wildman–Crippen LogP) is 2.32. The number of primary amides is 1. The highest BCUT2D eigenvalue weighted by Crippen LogP contribution is 2.34. The topological polar surface area (TPSA) is 125 Å². The summed E-state index contributed by atoms with van der Waals surface area (Å²) in [7, 11) is -2.70. The number of sulfonamides is 1. The first-order chi connectivity index (χ1) is 13.3. The number of aromatic nitrogens is 1. The second kappa shape index (κ2) is 7.69. The van der Waals surface area contributed by atoms with Crippen molar-refractivity contribution in [1.82, 2.24) is 5.16 Å². The quantitative estimate of drug-likeness (QED) is 0.622. The fourth-order valence-corrected chi connectivity index (χ4v) is 3.62. The van der Waals surface area contributed by atoms with Crippen molar-refractivity contribution < 1.29 is 26.9 Å². The maximum absolute atomic E-state index is 14.1. The Morgan fingerprint density at radius 3 is 2.57 bits per heavy atom. The maximum atomic E-state index is 14.1. The lowest BCUT2D eigenvalue weighted by Gasteiger charge is -2.10. The zero-order valence-electron chi connectivity index (χ0n) is 14.7. The number of nitrogens with two attached hydrogens (primary N) is 1. The molecule has 0 atom stereocenters. The minimum absolute atomic E-state index is 0.00640. The average Bonchev–Trinajstić information content (AvgIpc) is 3.03. The van der Waals surface area contributed by atoms with Gasteiger partial charge in [-0.25, -0.2) is 12.8 Å². The van der Waals surface area contributed by atoms with Gasteiger partial charge < -0.3 is 15.0 Å². The minimum Gasteiger partial charge on any atom is -0.494 e. The molecule has 1 aromatic heterocycles. The lowest BCUT2D eigenvalue weighted by atomic mass is 10.1. The molecule has 1 heterocycles. The number of ether oxygens (including phenoxy) is 1. The fourth-order valence-electron chi connectivity index (χ4n) is 2.51. The normalized spacial score (nSPS) is 11.2. The Bertz CT molecular complexity index is 1110. The highest BCUT2D eigenvalue weighted by atomic mass is 32.2. The summed E-state index contributed by atoms with van der Waals surface area (Å²) in [6, 6.07) is 11.6. The van der Waals surface area contributed by atoms with E-state index in [0.717, 1.165) is 6.07 Å². The lowest BCUT2D eigenvalue weighted by molar-refractivity contribution is -0.117. The molecule has 3 aromatic rings. The first kappa shape index (κ1) is 19.4. The van der Waals surface area contributed by atoms with E-state index < -0.39 is 28.2 Å². The van der Waals surface area contributed by atoms with Gasteiger partial charge in [-0.2, -0.15) is 0 Å². The highest BCUT2D eigenvalue weighted by Gasteiger charge is 2.25. The van der Waals surface area contributed by atoms with Gasteiger partial charge in [0.05, 0.1) is 18.4 Å². The van der Waals surface area contributed by atoms with Gasteiger partial charge in [-0.15, -0.1) is 0 Å². The number of hydrogen-bond donors (Lipinski definition) is 2. The summed E-state index contributed by atoms with van der Waals surface area (Å²) in [6.45, 7) is 0. The Balaban J connectivity index is 2.09. The SMILES string of the molecule is COc1ccc(-c2noc(CC(N)=O)c2NS(=O)(=O)c2ccccc2)cc1F. The van der Waals surface area contributed by atoms with Crippen LogP contribution in [0.5, 0.6) is 5.75 Å². The first-order valence-electron chi connectivity index (χ1n) is 8.00. The Morgan fingerprint density at radius 2 is 1.96 bits per heavy atom. The van der Waals surface area contributed by atoms with E-state index >= 15 is 0 Å². The molecule has 146 valence electrons. The van der Waals surface area contributed by atoms with Crippen LogP contribution in [0.3, 0.4) is 0 Å². The molecular formula is C18H16FN3O5S. The first-order valence-corrected chi connectivity index (χ1v) is 9.49. The molecule has 3 rings (SSSR count). The molecular weight excluding hydrogens is 389 g/mol. The van der Waals surface area contributed by atoms with Crippen LogP contribution in [-0.2, 0) is 21.2 Å². The van der Waals surface area contributed by atoms with Gasteiger partial charge in [-0.1, -0.05) is 23.4 Å². The van der Waals surface area contributed by atoms with E-state index in [-0.39, 0.29) is 33.4 Å². The maximum Gasteiger partial charge on any atom is 0.262 e. The van der Waals surface area contributed by atoms with E-state index in [1.807, 2.05) is 0 Å². The minimum atomic E-state index is -4.02. The number of hydrogen-bond acceptors (Lipinski definition) is 6. The Kier molecular flexibility index (Phi) is 5.32. The van der Waals surface area contributed by atoms with Crippen LogP contribution >= 0.6 is 0 Å². The summed E-state index contributed by atoms with van der Waals surface area (Å²) in [5, 5.41) is 3.80. The third kappa shape index (κ3) is 3.96. The van der Waals surface area contributed by atoms with Crippen LogP contribution in [0.1, 0.15) is 5.76 Å². The molecule has 0 bridgehead atoms. The van der Waals surface area contributed by atoms with Crippen molar-refractivity contribution in [3.8, 4) is 17.0 Å². The highest BCUT2D eigenvalue weighted by molar-refractivity contribution is 7.92. The molecule has 2 aromatic carbocycles. The van der Waals surface area contributed by atoms with Crippen molar-refractivity contribution in [2.75, 3.05) is 11.8 Å². The molecule has 0 saturated heterocycles. The molecule has 0 unspecified atom stereocenters. The van der Waals surface area contributed by atoms with Gasteiger partial charge in [0, 0.05) is 5.56 Å². The van der Waals surface area contributed by atoms with Gasteiger partial charge in [0.1, 0.15) is 11.4 Å². The predicted molar refractivity (Wildman–Crippen MR) is 98.6 cm³/mol. The van der Waals surface area contributed by atoms with Gasteiger partial charge in [0.25, 0.3) is 10.0 Å². The number of carbonyl (C=O) groups excluding carboxylic acids is 1. The van der Waals surface area contributed by atoms with Crippen molar-refractivity contribution in [2.24, 2.45) is 5.73 Å². The second-order valence-corrected chi connectivity index (χ2v) is 7.42. The van der Waals surface area contributed by atoms with Crippen molar-refractivity contribution in [3.63, 3.8) is 0 Å². The smallest absolute Gasteiger partial charge is 0.262 e. The molecule has 28 heavy (non-hydrogen) atoms. The van der Waals surface area contributed by atoms with Gasteiger partial charge in [0.2, 0.25) is 5.91 Å². The van der Waals surface area contributed by atoms with Crippen molar-refractivity contribution in [3.05, 3.63) is 60.1 Å². The number of halogens is 1. The van der Waals surface area contributed by atoms with E-state index in [1.54, 1.807) is 18.2 Å². The molecule has 10 heteroatoms. The van der Waals surface area contributed by atoms with Crippen LogP contribution < -0.4 is 15.2 Å². The Morgan fingerprint density at radius 1 is 1.25 bits per heavy atom. The van der Waals surface area contributed by atoms with Gasteiger partial charge in [-0.05, 0) is 30.3 Å². The van der Waals surface area contributed by atoms with Crippen LogP contribution in [0.2, 0.25) is 0 Å². The summed E-state index contributed by atoms with van der Waals surface area (Å²) in [4.78, 5) is 11.3. The zero-order chi connectivity index (χ0) is 20.3. The van der Waals surface area contributed by atoms with Gasteiger partial charge >= 0.3 is 0 Å². The molecule has 3 N–H and O–H groups in total. The standard InChI is InChI=1S/C18H16FN3O5S/c1-26-14-8-7-11(9-13(14)19)17-18(15(27-21-17)10-16(20)23)22-28(24,25)12-5-3-2-4-6-12/h2-9,22H,10H2,1H3,(H2,20,23). The molecule has 0 radical (unpaired) electrons. The zero-order valence-corrected chi connectivity index (χ0v) is 15.5. The number of carbonyl (C=O) groups is 1. The Hall–Kier alpha value is -3.40. The summed E-state index contributed by atoms with van der Waals surface area (Å²) >= 11 is 0. The molecule has 0 aliphatic heterocycles. The van der Waals surface area contributed by atoms with E-state index in [4.69, 9.17) is 15.0 Å². The number of rotatable bonds is 7. The van der Waals surface area contributed by atoms with Crippen LogP contribution in [0.4, 0.5) is 10.1 Å². The fraction of sp³-hybridized carbons (Fsp3) is 0.111. The number of nitrogens with zero attached hydrogens (tertiary/aromatic N) is 1. The summed E-state index contributed by atoms with van der Waals surface area (Å²) < 4.78 is 51.8. The second-order valence-electron chi connectivity index (χ2n) is 5.74. The molecule has 1 amide bonds. The third-order valence-electron chi connectivity index (χ3n) is 3.81. The van der Waals surface area contributed by atoms with E-state index in [1.165, 1.54) is 31.4 Å². The average molecular weight is 405 g/mol. The van der Waals surface area contributed by atoms with Crippen molar-refractivity contribution in [1.29, 1.82) is 0 Å². The van der Waals surface area contributed by atoms with E-state index in [2.05, 4.69) is 9.88 Å². The van der Waals surface area contributed by atoms with Crippen molar-refractivity contribution in [2.45, 2.75) is 11.3 Å². The number of methoxy groups -OCH3 is 1. The molecule has 0 fully saturated rings. The monoisotopic (exact) mass is 405 g/mol. The lowest BCUT2D eigenvalue weighted by Crippen LogP contribution is -2.17. The number of nitrogens with one attached hydrogen (secondary N) is 1. The number of benzene rings is 2. The molecule has 0 saturated carbocycles. The van der Waals surface area contributed by atoms with Gasteiger partial charge in [-0.3, -0.25) is 9.52 Å². The van der Waals surface area contributed by atoms with Crippen LogP contribution in [0.15, 0.2) is 57.9 Å². The Labute approximate surface area is 160 Å². The van der Waals surface area contributed by atoms with Crippen LogP contribution in [0.25, 0.3) is 11.3 Å². The largest absolute Gasteiger partial charge is 0.494 e. The molecule has 8 nitrogen and oxygen atoms in total. The summed E-state index contributed by atoms with van der Waals surface area (Å²) in [5.74, 6) is -1.49. The summed E-state index contributed by atoms with van der Waals surface area (Å²) in [6.07, 6.45) is -0.391. The summed E-state index contributed by atoms with van der Waals surface area (Å²) in [5.41, 5.74) is 5.34. The van der Waals surface area contributed by atoms with Crippen LogP contribution in [-0.4, -0.2) is 26.6 Å². The number of amides is 1. The number of anilines is 1. The van der Waals surface area contributed by atoms with E-state index in [0.29, 0.717) is 0 Å². The molecule has 0 aliphatic carbocycles. The molecule has 0 aliphatic rings. The van der Waals surface area contributed by atoms with Crippen molar-refractivity contribution >= 4 is 21.6 Å². The van der Waals surface area contributed by atoms with Crippen LogP contribution in [0, 0.1) is 5.82 Å². The van der Waals surface area contributed by atoms with E-state index in [9.17, 15) is 17.6 Å². The van der Waals surface area contributed by atoms with Gasteiger partial charge in [0.15, 0.2) is 17.3 Å².